The lowest BCUT2D eigenvalue weighted by molar-refractivity contribution is 0.0516. The molecule has 0 aromatic carbocycles. The largest absolute Gasteiger partial charge is 0.465 e. The Balaban J connectivity index is 2.08. The number of nitrogens with one attached hydrogen (secondary N) is 1. The monoisotopic (exact) mass is 314 g/mol. The molecule has 0 radical (unpaired) electrons. The number of hydrogen-bond acceptors (Lipinski definition) is 3. The molecule has 0 saturated carbocycles. The smallest absolute Gasteiger partial charge is 0.407 e. The molecule has 2 bridgehead atoms. The van der Waals surface area contributed by atoms with Gasteiger partial charge < -0.3 is 14.8 Å². The van der Waals surface area contributed by atoms with Crippen LogP contribution < -0.4 is 5.32 Å². The fraction of sp³-hybridized carbons (Fsp3) is 0.933. The number of hydrogen-bond donors (Lipinski definition) is 2. The number of carbonyl (C=O) groups is 1. The average Bonchev–Trinajstić information content (AvgIpc) is 2.79. The van der Waals surface area contributed by atoms with Gasteiger partial charge >= 0.3 is 6.09 Å². The van der Waals surface area contributed by atoms with Gasteiger partial charge in [-0.2, -0.15) is 0 Å². The summed E-state index contributed by atoms with van der Waals surface area (Å²) < 4.78 is 6.56. The molecule has 1 amide bonds. The van der Waals surface area contributed by atoms with E-state index in [1.807, 2.05) is 0 Å². The van der Waals surface area contributed by atoms with Crippen LogP contribution in [0.3, 0.4) is 0 Å². The number of carboxylic acid groups (broad SMARTS) is 1. The van der Waals surface area contributed by atoms with E-state index in [0.29, 0.717) is 0 Å². The van der Waals surface area contributed by atoms with E-state index in [1.165, 1.54) is 0 Å². The second kappa shape index (κ2) is 6.67. The summed E-state index contributed by atoms with van der Waals surface area (Å²) in [6.45, 7) is 9.58. The van der Waals surface area contributed by atoms with E-state index < -0.39 is 14.4 Å². The predicted molar refractivity (Wildman–Crippen MR) is 86.2 cm³/mol. The molecule has 2 heterocycles. The lowest BCUT2D eigenvalue weighted by atomic mass is 10.0. The first-order chi connectivity index (χ1) is 9.98. The third-order valence-electron chi connectivity index (χ3n) is 5.65. The Morgan fingerprint density at radius 3 is 2.48 bits per heavy atom. The van der Waals surface area contributed by atoms with Crippen LogP contribution in [0.5, 0.6) is 0 Å². The van der Waals surface area contributed by atoms with Crippen molar-refractivity contribution < 1.29 is 14.3 Å². The first-order valence-electron chi connectivity index (χ1n) is 8.40. The number of amides is 1. The molecule has 2 aliphatic rings. The summed E-state index contributed by atoms with van der Waals surface area (Å²) in [5.41, 5.74) is 0. The van der Waals surface area contributed by atoms with Crippen molar-refractivity contribution in [3.8, 4) is 0 Å². The molecule has 0 unspecified atom stereocenters. The van der Waals surface area contributed by atoms with Gasteiger partial charge in [0.25, 0.3) is 0 Å². The van der Waals surface area contributed by atoms with Gasteiger partial charge in [-0.15, -0.1) is 0 Å². The summed E-state index contributed by atoms with van der Waals surface area (Å²) in [4.78, 5) is 13.2. The summed E-state index contributed by atoms with van der Waals surface area (Å²) >= 11 is 0. The van der Waals surface area contributed by atoms with Gasteiger partial charge in [-0.25, -0.2) is 4.79 Å². The second-order valence-electron chi connectivity index (χ2n) is 6.49. The first kappa shape index (κ1) is 16.8. The Morgan fingerprint density at radius 2 is 1.95 bits per heavy atom. The van der Waals surface area contributed by atoms with E-state index in [2.05, 4.69) is 33.0 Å². The second-order valence-corrected chi connectivity index (χ2v) is 11.2. The molecule has 0 spiro atoms. The van der Waals surface area contributed by atoms with Crippen molar-refractivity contribution >= 4 is 14.4 Å². The maximum Gasteiger partial charge on any atom is 0.407 e. The third kappa shape index (κ3) is 3.12. The molecule has 6 heteroatoms. The van der Waals surface area contributed by atoms with Crippen LogP contribution in [0.25, 0.3) is 0 Å². The maximum atomic E-state index is 11.5. The van der Waals surface area contributed by atoms with E-state index in [9.17, 15) is 9.90 Å². The summed E-state index contributed by atoms with van der Waals surface area (Å²) in [6, 6.07) is 3.76. The van der Waals surface area contributed by atoms with E-state index in [0.717, 1.165) is 37.5 Å². The quantitative estimate of drug-likeness (QED) is 0.740. The molecule has 0 aromatic rings. The van der Waals surface area contributed by atoms with Gasteiger partial charge in [0, 0.05) is 12.6 Å². The molecule has 5 nitrogen and oxygen atoms in total. The third-order valence-corrected chi connectivity index (χ3v) is 10.4. The van der Waals surface area contributed by atoms with Crippen LogP contribution in [-0.4, -0.2) is 55.2 Å². The Hall–Kier alpha value is -0.593. The van der Waals surface area contributed by atoms with Gasteiger partial charge in [0.1, 0.15) is 0 Å². The van der Waals surface area contributed by atoms with Crippen molar-refractivity contribution in [2.45, 2.75) is 82.9 Å². The van der Waals surface area contributed by atoms with Crippen molar-refractivity contribution in [1.29, 1.82) is 0 Å². The zero-order valence-electron chi connectivity index (χ0n) is 13.8. The number of rotatable bonds is 6. The van der Waals surface area contributed by atoms with Crippen molar-refractivity contribution in [3.63, 3.8) is 0 Å². The van der Waals surface area contributed by atoms with Gasteiger partial charge in [-0.1, -0.05) is 20.8 Å². The SMILES string of the molecule is CC[Si](CC)(CC)O[C@@H](C)[C@H]1NC[C@H]2CC[C@@H]1N2C(=O)O. The summed E-state index contributed by atoms with van der Waals surface area (Å²) in [5.74, 6) is 0. The van der Waals surface area contributed by atoms with Crippen molar-refractivity contribution in [3.05, 3.63) is 0 Å². The highest BCUT2D eigenvalue weighted by atomic mass is 28.4. The first-order valence-corrected chi connectivity index (χ1v) is 10.9. The van der Waals surface area contributed by atoms with E-state index in [-0.39, 0.29) is 24.2 Å². The fourth-order valence-corrected chi connectivity index (χ4v) is 7.05. The van der Waals surface area contributed by atoms with Crippen LogP contribution in [0.1, 0.15) is 40.5 Å². The summed E-state index contributed by atoms with van der Waals surface area (Å²) in [7, 11) is -1.65. The van der Waals surface area contributed by atoms with E-state index in [4.69, 9.17) is 4.43 Å². The van der Waals surface area contributed by atoms with Crippen LogP contribution in [0, 0.1) is 0 Å². The minimum absolute atomic E-state index is 0.0773. The van der Waals surface area contributed by atoms with Gasteiger partial charge in [-0.3, -0.25) is 4.90 Å². The zero-order chi connectivity index (χ0) is 15.6. The Morgan fingerprint density at radius 1 is 1.33 bits per heavy atom. The topological polar surface area (TPSA) is 61.8 Å². The Labute approximate surface area is 129 Å². The molecule has 2 N–H and O–H groups in total. The van der Waals surface area contributed by atoms with Crippen LogP contribution in [0.2, 0.25) is 18.1 Å². The average molecular weight is 315 g/mol. The highest BCUT2D eigenvalue weighted by molar-refractivity contribution is 6.73. The van der Waals surface area contributed by atoms with Crippen LogP contribution in [0.4, 0.5) is 4.79 Å². The highest BCUT2D eigenvalue weighted by Crippen LogP contribution is 2.33. The number of nitrogens with zero attached hydrogens (tertiary/aromatic N) is 1. The highest BCUT2D eigenvalue weighted by Gasteiger charge is 2.47. The van der Waals surface area contributed by atoms with Crippen LogP contribution in [0.15, 0.2) is 0 Å². The van der Waals surface area contributed by atoms with Crippen molar-refractivity contribution in [2.24, 2.45) is 0 Å². The predicted octanol–water partition coefficient (Wildman–Crippen LogP) is 2.88. The van der Waals surface area contributed by atoms with E-state index >= 15 is 0 Å². The Kier molecular flexibility index (Phi) is 5.32. The Bertz CT molecular complexity index is 368. The van der Waals surface area contributed by atoms with E-state index in [1.54, 1.807) is 4.90 Å². The van der Waals surface area contributed by atoms with Crippen LogP contribution in [-0.2, 0) is 4.43 Å². The molecular weight excluding hydrogens is 284 g/mol. The molecule has 4 atom stereocenters. The normalized spacial score (nSPS) is 30.5. The molecule has 0 aliphatic carbocycles. The molecule has 21 heavy (non-hydrogen) atoms. The number of piperazine rings is 1. The molecule has 2 fully saturated rings. The van der Waals surface area contributed by atoms with Gasteiger partial charge in [-0.05, 0) is 37.9 Å². The molecule has 2 rings (SSSR count). The summed E-state index contributed by atoms with van der Waals surface area (Å²) in [5, 5.41) is 13.0. The molecule has 2 aliphatic heterocycles. The molecule has 122 valence electrons. The van der Waals surface area contributed by atoms with Crippen molar-refractivity contribution in [2.75, 3.05) is 6.54 Å². The zero-order valence-corrected chi connectivity index (χ0v) is 14.8. The van der Waals surface area contributed by atoms with Crippen LogP contribution >= 0.6 is 0 Å². The number of fused-ring (bicyclic) bond motifs is 2. The minimum Gasteiger partial charge on any atom is -0.465 e. The standard InChI is InChI=1S/C15H30N2O3Si/c1-5-21(6-2,7-3)20-11(4)14-13-9-8-12(10-16-14)17(13)15(18)19/h11-14,16H,5-10H2,1-4H3,(H,18,19)/t11-,12+,13-,14+/m0/s1. The van der Waals surface area contributed by atoms with Gasteiger partial charge in [0.05, 0.1) is 18.2 Å². The van der Waals surface area contributed by atoms with Gasteiger partial charge in [0.2, 0.25) is 0 Å². The fourth-order valence-electron chi connectivity index (χ4n) is 4.12. The minimum atomic E-state index is -1.65. The molecular formula is C15H30N2O3Si. The lowest BCUT2D eigenvalue weighted by Gasteiger charge is -2.44. The van der Waals surface area contributed by atoms with Crippen molar-refractivity contribution in [1.82, 2.24) is 10.2 Å². The van der Waals surface area contributed by atoms with Gasteiger partial charge in [0.15, 0.2) is 8.32 Å². The molecule has 0 aromatic heterocycles. The summed E-state index contributed by atoms with van der Waals surface area (Å²) in [6.07, 6.45) is 1.25. The maximum absolute atomic E-state index is 11.5. The molecule has 2 saturated heterocycles. The lowest BCUT2D eigenvalue weighted by Crippen LogP contribution is -2.64.